The molecule has 0 bridgehead atoms. The minimum Gasteiger partial charge on any atom is -0.464 e. The summed E-state index contributed by atoms with van der Waals surface area (Å²) < 4.78 is 4.85. The van der Waals surface area contributed by atoms with Gasteiger partial charge in [0.05, 0.1) is 24.4 Å². The molecule has 1 aliphatic rings. The predicted octanol–water partition coefficient (Wildman–Crippen LogP) is 4.02. The predicted molar refractivity (Wildman–Crippen MR) is 123 cm³/mol. The third-order valence-electron chi connectivity index (χ3n) is 5.34. The Morgan fingerprint density at radius 1 is 1.10 bits per heavy atom. The van der Waals surface area contributed by atoms with Gasteiger partial charge in [0.25, 0.3) is 0 Å². The first kappa shape index (κ1) is 21.5. The van der Waals surface area contributed by atoms with Crippen molar-refractivity contribution in [3.63, 3.8) is 0 Å². The van der Waals surface area contributed by atoms with Gasteiger partial charge in [-0.25, -0.2) is 4.79 Å². The number of nitrogens with one attached hydrogen (secondary N) is 2. The van der Waals surface area contributed by atoms with E-state index in [2.05, 4.69) is 20.1 Å². The number of aromatic amines is 1. The fourth-order valence-electron chi connectivity index (χ4n) is 3.80. The number of halogens is 2. The van der Waals surface area contributed by atoms with E-state index >= 15 is 0 Å². The third-order valence-corrected chi connectivity index (χ3v) is 5.89. The monoisotopic (exact) mass is 460 g/mol. The van der Waals surface area contributed by atoms with Crippen molar-refractivity contribution in [2.24, 2.45) is 0 Å². The first-order valence-corrected chi connectivity index (χ1v) is 10.6. The second-order valence-corrected chi connectivity index (χ2v) is 8.16. The maximum atomic E-state index is 12.8. The van der Waals surface area contributed by atoms with Gasteiger partial charge >= 0.3 is 5.97 Å². The number of rotatable bonds is 5. The van der Waals surface area contributed by atoms with Crippen molar-refractivity contribution in [3.8, 4) is 0 Å². The third kappa shape index (κ3) is 4.63. The molecule has 2 heterocycles. The van der Waals surface area contributed by atoms with E-state index in [0.717, 1.165) is 31.9 Å². The zero-order valence-electron chi connectivity index (χ0n) is 17.0. The van der Waals surface area contributed by atoms with Crippen LogP contribution in [0.3, 0.4) is 0 Å². The van der Waals surface area contributed by atoms with E-state index in [1.807, 2.05) is 24.3 Å². The Morgan fingerprint density at radius 3 is 2.55 bits per heavy atom. The smallest absolute Gasteiger partial charge is 0.356 e. The second kappa shape index (κ2) is 9.18. The molecular formula is C22H22Cl2N4O3. The van der Waals surface area contributed by atoms with Crippen LogP contribution >= 0.6 is 23.2 Å². The molecule has 4 rings (SSSR count). The topological polar surface area (TPSA) is 77.7 Å². The summed E-state index contributed by atoms with van der Waals surface area (Å²) in [6.07, 6.45) is 0. The number of hydrogen-bond donors (Lipinski definition) is 2. The lowest BCUT2D eigenvalue weighted by Gasteiger charge is -2.35. The molecule has 0 radical (unpaired) electrons. The Balaban J connectivity index is 1.44. The van der Waals surface area contributed by atoms with E-state index in [1.165, 1.54) is 7.11 Å². The van der Waals surface area contributed by atoms with E-state index in [-0.39, 0.29) is 18.1 Å². The summed E-state index contributed by atoms with van der Waals surface area (Å²) in [5.41, 5.74) is 2.24. The average molecular weight is 461 g/mol. The number of methoxy groups -OCH3 is 1. The minimum atomic E-state index is -0.572. The molecule has 7 nitrogen and oxygen atoms in total. The van der Waals surface area contributed by atoms with E-state index in [4.69, 9.17) is 27.9 Å². The van der Waals surface area contributed by atoms with Crippen molar-refractivity contribution < 1.29 is 14.3 Å². The van der Waals surface area contributed by atoms with Crippen LogP contribution in [0.4, 0.5) is 11.4 Å². The second-order valence-electron chi connectivity index (χ2n) is 7.32. The van der Waals surface area contributed by atoms with E-state index in [9.17, 15) is 9.59 Å². The number of esters is 1. The molecule has 1 fully saturated rings. The summed E-state index contributed by atoms with van der Waals surface area (Å²) in [5, 5.41) is 4.59. The van der Waals surface area contributed by atoms with Crippen LogP contribution in [0.25, 0.3) is 10.9 Å². The van der Waals surface area contributed by atoms with Gasteiger partial charge in [0.2, 0.25) is 5.91 Å². The van der Waals surface area contributed by atoms with Gasteiger partial charge in [-0.05, 0) is 30.3 Å². The molecule has 2 aromatic carbocycles. The molecule has 2 N–H and O–H groups in total. The number of piperazine rings is 1. The Morgan fingerprint density at radius 2 is 1.84 bits per heavy atom. The van der Waals surface area contributed by atoms with Crippen molar-refractivity contribution >= 4 is 57.4 Å². The summed E-state index contributed by atoms with van der Waals surface area (Å²) in [6, 6.07) is 13.0. The number of nitrogens with zero attached hydrogens (tertiary/aromatic N) is 2. The molecule has 1 aromatic heterocycles. The van der Waals surface area contributed by atoms with Crippen LogP contribution in [0.15, 0.2) is 42.5 Å². The first-order valence-electron chi connectivity index (χ1n) is 9.87. The minimum absolute atomic E-state index is 0.171. The molecule has 0 unspecified atom stereocenters. The maximum absolute atomic E-state index is 12.8. The van der Waals surface area contributed by atoms with E-state index in [1.54, 1.807) is 18.2 Å². The van der Waals surface area contributed by atoms with Gasteiger partial charge in [0, 0.05) is 47.8 Å². The number of hydrogen-bond acceptors (Lipinski definition) is 5. The number of H-pyrrole nitrogens is 1. The number of carbonyl (C=O) groups is 2. The van der Waals surface area contributed by atoms with Crippen LogP contribution in [-0.2, 0) is 9.53 Å². The summed E-state index contributed by atoms with van der Waals surface area (Å²) in [7, 11) is 1.29. The zero-order valence-corrected chi connectivity index (χ0v) is 18.5. The molecule has 0 aliphatic carbocycles. The van der Waals surface area contributed by atoms with Crippen molar-refractivity contribution in [1.82, 2.24) is 9.88 Å². The highest BCUT2D eigenvalue weighted by atomic mass is 35.5. The van der Waals surface area contributed by atoms with Gasteiger partial charge in [-0.2, -0.15) is 0 Å². The molecule has 1 amide bonds. The summed E-state index contributed by atoms with van der Waals surface area (Å²) >= 11 is 12.4. The number of benzene rings is 2. The van der Waals surface area contributed by atoms with Crippen molar-refractivity contribution in [2.45, 2.75) is 0 Å². The fraction of sp³-hybridized carbons (Fsp3) is 0.273. The van der Waals surface area contributed by atoms with Crippen LogP contribution in [-0.4, -0.2) is 61.6 Å². The molecule has 1 saturated heterocycles. The van der Waals surface area contributed by atoms with Gasteiger partial charge in [0.15, 0.2) is 0 Å². The van der Waals surface area contributed by atoms with Gasteiger partial charge in [-0.1, -0.05) is 35.3 Å². The number of aromatic nitrogens is 1. The van der Waals surface area contributed by atoms with Crippen LogP contribution in [0.5, 0.6) is 0 Å². The highest BCUT2D eigenvalue weighted by Gasteiger charge is 2.24. The standard InChI is InChI=1S/C22H22Cl2N4O3/c1-31-22(30)21-20(19-16(24)6-3-7-17(19)25-21)26-18(29)13-27-8-10-28(11-9-27)15-5-2-4-14(23)12-15/h2-7,12,25H,8-11,13H2,1H3,(H,26,29). The van der Waals surface area contributed by atoms with Gasteiger partial charge in [0.1, 0.15) is 5.69 Å². The highest BCUT2D eigenvalue weighted by Crippen LogP contribution is 2.34. The van der Waals surface area contributed by atoms with Crippen LogP contribution in [0, 0.1) is 0 Å². The fourth-order valence-corrected chi connectivity index (χ4v) is 4.26. The molecule has 31 heavy (non-hydrogen) atoms. The molecule has 9 heteroatoms. The SMILES string of the molecule is COC(=O)c1[nH]c2cccc(Cl)c2c1NC(=O)CN1CCN(c2cccc(Cl)c2)CC1. The normalized spacial score (nSPS) is 14.6. The largest absolute Gasteiger partial charge is 0.464 e. The number of anilines is 2. The molecule has 3 aromatic rings. The van der Waals surface area contributed by atoms with E-state index < -0.39 is 5.97 Å². The summed E-state index contributed by atoms with van der Waals surface area (Å²) in [6.45, 7) is 3.26. The van der Waals surface area contributed by atoms with Crippen LogP contribution in [0.2, 0.25) is 10.0 Å². The molecule has 0 saturated carbocycles. The molecular weight excluding hydrogens is 439 g/mol. The quantitative estimate of drug-likeness (QED) is 0.562. The maximum Gasteiger partial charge on any atom is 0.356 e. The van der Waals surface area contributed by atoms with Crippen LogP contribution < -0.4 is 10.2 Å². The average Bonchev–Trinajstić information content (AvgIpc) is 3.13. The number of amides is 1. The summed E-state index contributed by atoms with van der Waals surface area (Å²) in [4.78, 5) is 32.3. The lowest BCUT2D eigenvalue weighted by Crippen LogP contribution is -2.48. The number of carbonyl (C=O) groups excluding carboxylic acids is 2. The number of fused-ring (bicyclic) bond motifs is 1. The Bertz CT molecular complexity index is 1120. The zero-order chi connectivity index (χ0) is 22.0. The lowest BCUT2D eigenvalue weighted by atomic mass is 10.2. The molecule has 162 valence electrons. The molecule has 1 aliphatic heterocycles. The Kier molecular flexibility index (Phi) is 6.36. The van der Waals surface area contributed by atoms with Gasteiger partial charge < -0.3 is 19.9 Å². The molecule has 0 spiro atoms. The Hall–Kier alpha value is -2.74. The van der Waals surface area contributed by atoms with Crippen molar-refractivity contribution in [1.29, 1.82) is 0 Å². The van der Waals surface area contributed by atoms with Gasteiger partial charge in [-0.3, -0.25) is 9.69 Å². The number of ether oxygens (including phenoxy) is 1. The van der Waals surface area contributed by atoms with Gasteiger partial charge in [-0.15, -0.1) is 0 Å². The lowest BCUT2D eigenvalue weighted by molar-refractivity contribution is -0.117. The highest BCUT2D eigenvalue weighted by molar-refractivity contribution is 6.37. The van der Waals surface area contributed by atoms with Crippen molar-refractivity contribution in [2.75, 3.05) is 50.1 Å². The van der Waals surface area contributed by atoms with Crippen LogP contribution in [0.1, 0.15) is 10.5 Å². The Labute approximate surface area is 189 Å². The molecule has 0 atom stereocenters. The first-order chi connectivity index (χ1) is 15.0. The summed E-state index contributed by atoms with van der Waals surface area (Å²) in [5.74, 6) is -0.792. The van der Waals surface area contributed by atoms with E-state index in [0.29, 0.717) is 26.6 Å². The van der Waals surface area contributed by atoms with Crippen molar-refractivity contribution in [3.05, 3.63) is 58.2 Å².